The Bertz CT molecular complexity index is 631. The lowest BCUT2D eigenvalue weighted by atomic mass is 9.69. The molecule has 1 amide bonds. The van der Waals surface area contributed by atoms with Crippen LogP contribution >= 0.6 is 0 Å². The summed E-state index contributed by atoms with van der Waals surface area (Å²) in [5.41, 5.74) is 0.814. The number of amides is 1. The number of carbonyl (C=O) groups is 1. The van der Waals surface area contributed by atoms with Crippen molar-refractivity contribution in [3.8, 4) is 17.2 Å². The zero-order chi connectivity index (χ0) is 18.5. The Balaban J connectivity index is 1.63. The summed E-state index contributed by atoms with van der Waals surface area (Å²) in [4.78, 5) is 12.6. The van der Waals surface area contributed by atoms with Crippen LogP contribution in [-0.2, 0) is 11.2 Å². The quantitative estimate of drug-likeness (QED) is 0.839. The van der Waals surface area contributed by atoms with Crippen LogP contribution in [0.1, 0.15) is 50.5 Å². The summed E-state index contributed by atoms with van der Waals surface area (Å²) >= 11 is 0. The van der Waals surface area contributed by atoms with Crippen molar-refractivity contribution in [1.29, 1.82) is 0 Å². The second kappa shape index (κ2) is 8.65. The van der Waals surface area contributed by atoms with Gasteiger partial charge in [0.25, 0.3) is 0 Å². The Kier molecular flexibility index (Phi) is 6.28. The van der Waals surface area contributed by atoms with Gasteiger partial charge in [-0.1, -0.05) is 31.7 Å². The van der Waals surface area contributed by atoms with E-state index in [1.54, 1.807) is 21.3 Å². The van der Waals surface area contributed by atoms with Crippen molar-refractivity contribution >= 4 is 5.91 Å². The fraction of sp³-hybridized carbons (Fsp3) is 0.667. The highest BCUT2D eigenvalue weighted by atomic mass is 16.5. The summed E-state index contributed by atoms with van der Waals surface area (Å²) in [6.07, 6.45) is 9.25. The highest BCUT2D eigenvalue weighted by Gasteiger charge is 2.32. The molecular formula is C21H31NO4. The fourth-order valence-electron chi connectivity index (χ4n) is 4.76. The zero-order valence-electron chi connectivity index (χ0n) is 16.2. The van der Waals surface area contributed by atoms with Gasteiger partial charge in [0.05, 0.1) is 27.8 Å². The minimum Gasteiger partial charge on any atom is -0.493 e. The summed E-state index contributed by atoms with van der Waals surface area (Å²) in [7, 11) is 4.75. The van der Waals surface area contributed by atoms with Crippen LogP contribution in [0.15, 0.2) is 12.1 Å². The second-order valence-corrected chi connectivity index (χ2v) is 7.55. The van der Waals surface area contributed by atoms with E-state index in [2.05, 4.69) is 5.32 Å². The smallest absolute Gasteiger partial charge is 0.224 e. The first-order valence-electron chi connectivity index (χ1n) is 9.73. The van der Waals surface area contributed by atoms with Gasteiger partial charge in [-0.15, -0.1) is 0 Å². The van der Waals surface area contributed by atoms with Crippen molar-refractivity contribution in [3.63, 3.8) is 0 Å². The summed E-state index contributed by atoms with van der Waals surface area (Å²) in [6, 6.07) is 4.00. The molecule has 144 valence electrons. The monoisotopic (exact) mass is 361 g/mol. The summed E-state index contributed by atoms with van der Waals surface area (Å²) < 4.78 is 16.2. The molecule has 1 N–H and O–H groups in total. The SMILES string of the molecule is COc1ccc(CC(=O)N[C@@H]2CC[C@@H]3CCCC[C@@H]3C2)c(OC)c1OC. The Labute approximate surface area is 156 Å². The third-order valence-corrected chi connectivity index (χ3v) is 6.04. The van der Waals surface area contributed by atoms with Crippen LogP contribution in [0.2, 0.25) is 0 Å². The van der Waals surface area contributed by atoms with E-state index < -0.39 is 0 Å². The van der Waals surface area contributed by atoms with Gasteiger partial charge < -0.3 is 19.5 Å². The average Bonchev–Trinajstić information content (AvgIpc) is 2.67. The topological polar surface area (TPSA) is 56.8 Å². The van der Waals surface area contributed by atoms with E-state index in [1.807, 2.05) is 12.1 Å². The van der Waals surface area contributed by atoms with Crippen molar-refractivity contribution in [2.75, 3.05) is 21.3 Å². The van der Waals surface area contributed by atoms with E-state index in [0.717, 1.165) is 30.2 Å². The van der Waals surface area contributed by atoms with E-state index >= 15 is 0 Å². The van der Waals surface area contributed by atoms with Crippen molar-refractivity contribution in [2.45, 2.75) is 57.4 Å². The first-order valence-corrected chi connectivity index (χ1v) is 9.73. The van der Waals surface area contributed by atoms with Crippen molar-refractivity contribution in [3.05, 3.63) is 17.7 Å². The number of fused-ring (bicyclic) bond motifs is 1. The molecule has 2 saturated carbocycles. The molecule has 3 atom stereocenters. The lowest BCUT2D eigenvalue weighted by Crippen LogP contribution is -2.42. The number of benzene rings is 1. The maximum atomic E-state index is 12.6. The van der Waals surface area contributed by atoms with Gasteiger partial charge in [-0.25, -0.2) is 0 Å². The molecule has 5 nitrogen and oxygen atoms in total. The van der Waals surface area contributed by atoms with Crippen LogP contribution in [0.5, 0.6) is 17.2 Å². The van der Waals surface area contributed by atoms with Crippen LogP contribution in [0.3, 0.4) is 0 Å². The van der Waals surface area contributed by atoms with Gasteiger partial charge in [0.1, 0.15) is 0 Å². The molecule has 0 heterocycles. The largest absolute Gasteiger partial charge is 0.493 e. The van der Waals surface area contributed by atoms with Crippen LogP contribution in [-0.4, -0.2) is 33.3 Å². The number of rotatable bonds is 6. The second-order valence-electron chi connectivity index (χ2n) is 7.55. The van der Waals surface area contributed by atoms with Crippen molar-refractivity contribution in [2.24, 2.45) is 11.8 Å². The fourth-order valence-corrected chi connectivity index (χ4v) is 4.76. The average molecular weight is 361 g/mol. The summed E-state index contributed by atoms with van der Waals surface area (Å²) in [5, 5.41) is 3.25. The van der Waals surface area contributed by atoms with E-state index in [0.29, 0.717) is 23.3 Å². The molecular weight excluding hydrogens is 330 g/mol. The zero-order valence-corrected chi connectivity index (χ0v) is 16.2. The van der Waals surface area contributed by atoms with Crippen molar-refractivity contribution < 1.29 is 19.0 Å². The maximum absolute atomic E-state index is 12.6. The third kappa shape index (κ3) is 4.08. The molecule has 2 aliphatic rings. The molecule has 1 aromatic rings. The molecule has 0 unspecified atom stereocenters. The van der Waals surface area contributed by atoms with Gasteiger partial charge in [-0.05, 0) is 37.2 Å². The molecule has 0 bridgehead atoms. The molecule has 0 saturated heterocycles. The van der Waals surface area contributed by atoms with Crippen LogP contribution in [0.4, 0.5) is 0 Å². The van der Waals surface area contributed by atoms with Crippen LogP contribution in [0.25, 0.3) is 0 Å². The Hall–Kier alpha value is -1.91. The number of methoxy groups -OCH3 is 3. The minimum atomic E-state index is 0.0507. The molecule has 3 rings (SSSR count). The normalized spacial score (nSPS) is 25.1. The Morgan fingerprint density at radius 2 is 1.69 bits per heavy atom. The van der Waals surface area contributed by atoms with Gasteiger partial charge in [0.15, 0.2) is 11.5 Å². The molecule has 0 radical (unpaired) electrons. The Morgan fingerprint density at radius 3 is 2.38 bits per heavy atom. The van der Waals surface area contributed by atoms with Crippen LogP contribution in [0, 0.1) is 11.8 Å². The number of ether oxygens (including phenoxy) is 3. The van der Waals surface area contributed by atoms with Gasteiger partial charge >= 0.3 is 0 Å². The summed E-state index contributed by atoms with van der Waals surface area (Å²) in [5.74, 6) is 3.45. The van der Waals surface area contributed by atoms with Gasteiger partial charge in [0.2, 0.25) is 11.7 Å². The highest BCUT2D eigenvalue weighted by molar-refractivity contribution is 5.80. The number of carbonyl (C=O) groups excluding carboxylic acids is 1. The lowest BCUT2D eigenvalue weighted by Gasteiger charge is -2.39. The van der Waals surface area contributed by atoms with Gasteiger partial charge in [-0.2, -0.15) is 0 Å². The van der Waals surface area contributed by atoms with Crippen LogP contribution < -0.4 is 19.5 Å². The van der Waals surface area contributed by atoms with Gasteiger partial charge in [0, 0.05) is 11.6 Å². The van der Waals surface area contributed by atoms with E-state index in [1.165, 1.54) is 32.1 Å². The third-order valence-electron chi connectivity index (χ3n) is 6.04. The maximum Gasteiger partial charge on any atom is 0.224 e. The highest BCUT2D eigenvalue weighted by Crippen LogP contribution is 2.41. The first kappa shape index (κ1) is 18.9. The molecule has 5 heteroatoms. The van der Waals surface area contributed by atoms with E-state index in [9.17, 15) is 4.79 Å². The van der Waals surface area contributed by atoms with E-state index in [-0.39, 0.29) is 12.3 Å². The molecule has 2 fully saturated rings. The lowest BCUT2D eigenvalue weighted by molar-refractivity contribution is -0.121. The van der Waals surface area contributed by atoms with Crippen molar-refractivity contribution in [1.82, 2.24) is 5.32 Å². The molecule has 0 aromatic heterocycles. The molecule has 1 aromatic carbocycles. The number of nitrogens with one attached hydrogen (secondary N) is 1. The van der Waals surface area contributed by atoms with E-state index in [4.69, 9.17) is 14.2 Å². The predicted octanol–water partition coefficient (Wildman–Crippen LogP) is 3.73. The Morgan fingerprint density at radius 1 is 0.962 bits per heavy atom. The molecule has 0 aliphatic heterocycles. The number of hydrogen-bond donors (Lipinski definition) is 1. The minimum absolute atomic E-state index is 0.0507. The predicted molar refractivity (Wildman–Crippen MR) is 101 cm³/mol. The van der Waals surface area contributed by atoms with Gasteiger partial charge in [-0.3, -0.25) is 4.79 Å². The standard InChI is InChI=1S/C21H31NO4/c1-24-18-11-9-16(20(25-2)21(18)26-3)13-19(23)22-17-10-8-14-6-4-5-7-15(14)12-17/h9,11,14-15,17H,4-8,10,12-13H2,1-3H3,(H,22,23)/t14-,15+,17+/m0/s1. The molecule has 26 heavy (non-hydrogen) atoms. The first-order chi connectivity index (χ1) is 12.7. The summed E-state index contributed by atoms with van der Waals surface area (Å²) in [6.45, 7) is 0. The molecule has 0 spiro atoms. The number of hydrogen-bond acceptors (Lipinski definition) is 4. The molecule has 2 aliphatic carbocycles.